The van der Waals surface area contributed by atoms with Gasteiger partial charge in [-0.15, -0.1) is 11.3 Å². The Bertz CT molecular complexity index is 683. The van der Waals surface area contributed by atoms with E-state index in [1.54, 1.807) is 18.4 Å². The molecule has 4 nitrogen and oxygen atoms in total. The Morgan fingerprint density at radius 3 is 3.04 bits per heavy atom. The first-order valence-electron chi connectivity index (χ1n) is 8.00. The largest absolute Gasteiger partial charge is 0.380 e. The van der Waals surface area contributed by atoms with E-state index in [2.05, 4.69) is 10.4 Å². The fourth-order valence-corrected chi connectivity index (χ4v) is 4.03. The van der Waals surface area contributed by atoms with Crippen molar-refractivity contribution >= 4 is 17.2 Å². The number of carbonyl (C=O) groups is 1. The summed E-state index contributed by atoms with van der Waals surface area (Å²) >= 11 is 1.66. The zero-order valence-electron chi connectivity index (χ0n) is 13.6. The van der Waals surface area contributed by atoms with Gasteiger partial charge in [-0.3, -0.25) is 4.79 Å². The second-order valence-corrected chi connectivity index (χ2v) is 6.86. The third-order valence-corrected chi connectivity index (χ3v) is 5.23. The smallest absolute Gasteiger partial charge is 0.254 e. The SMILES string of the molecule is COCc1cccc(C(=O)N2CCCCC2c2nc(C)cs2)c1. The molecule has 0 spiro atoms. The highest BCUT2D eigenvalue weighted by Gasteiger charge is 2.30. The summed E-state index contributed by atoms with van der Waals surface area (Å²) in [5.41, 5.74) is 2.79. The van der Waals surface area contributed by atoms with Gasteiger partial charge in [-0.2, -0.15) is 0 Å². The maximum Gasteiger partial charge on any atom is 0.254 e. The van der Waals surface area contributed by atoms with Crippen LogP contribution in [0.25, 0.3) is 0 Å². The predicted octanol–water partition coefficient (Wildman–Crippen LogP) is 3.97. The van der Waals surface area contributed by atoms with Crippen LogP contribution >= 0.6 is 11.3 Å². The molecule has 0 radical (unpaired) electrons. The van der Waals surface area contributed by atoms with Gasteiger partial charge in [0.25, 0.3) is 5.91 Å². The molecule has 122 valence electrons. The number of rotatable bonds is 4. The number of ether oxygens (including phenoxy) is 1. The van der Waals surface area contributed by atoms with E-state index in [1.807, 2.05) is 36.1 Å². The van der Waals surface area contributed by atoms with Gasteiger partial charge in [-0.25, -0.2) is 4.98 Å². The molecule has 2 aromatic rings. The summed E-state index contributed by atoms with van der Waals surface area (Å²) in [6, 6.07) is 7.85. The molecule has 5 heteroatoms. The number of methoxy groups -OCH3 is 1. The summed E-state index contributed by atoms with van der Waals surface area (Å²) in [5.74, 6) is 0.0977. The number of aryl methyl sites for hydroxylation is 1. The van der Waals surface area contributed by atoms with Crippen molar-refractivity contribution in [3.63, 3.8) is 0 Å². The summed E-state index contributed by atoms with van der Waals surface area (Å²) in [6.45, 7) is 3.33. The zero-order chi connectivity index (χ0) is 16.2. The van der Waals surface area contributed by atoms with Crippen LogP contribution in [0.2, 0.25) is 0 Å². The van der Waals surface area contributed by atoms with Crippen LogP contribution in [0.4, 0.5) is 0 Å². The number of aromatic nitrogens is 1. The molecule has 1 aromatic heterocycles. The molecule has 0 aliphatic carbocycles. The Kier molecular flexibility index (Phi) is 5.08. The molecular weight excluding hydrogens is 308 g/mol. The van der Waals surface area contributed by atoms with E-state index < -0.39 is 0 Å². The van der Waals surface area contributed by atoms with E-state index in [-0.39, 0.29) is 11.9 Å². The number of piperidine rings is 1. The average molecular weight is 330 g/mol. The minimum atomic E-state index is 0.0977. The molecule has 2 heterocycles. The highest BCUT2D eigenvalue weighted by Crippen LogP contribution is 2.33. The molecule has 1 atom stereocenters. The monoisotopic (exact) mass is 330 g/mol. The van der Waals surface area contributed by atoms with Crippen LogP contribution in [-0.2, 0) is 11.3 Å². The van der Waals surface area contributed by atoms with E-state index in [4.69, 9.17) is 4.74 Å². The average Bonchev–Trinajstić information content (AvgIpc) is 3.01. The highest BCUT2D eigenvalue weighted by molar-refractivity contribution is 7.09. The van der Waals surface area contributed by atoms with Gasteiger partial charge in [-0.1, -0.05) is 12.1 Å². The Morgan fingerprint density at radius 2 is 2.30 bits per heavy atom. The molecule has 1 aromatic carbocycles. The summed E-state index contributed by atoms with van der Waals surface area (Å²) in [7, 11) is 1.67. The van der Waals surface area contributed by atoms with Gasteiger partial charge in [0.2, 0.25) is 0 Å². The minimum Gasteiger partial charge on any atom is -0.380 e. The lowest BCUT2D eigenvalue weighted by Gasteiger charge is -2.34. The first kappa shape index (κ1) is 16.1. The number of likely N-dealkylation sites (tertiary alicyclic amines) is 1. The van der Waals surface area contributed by atoms with E-state index in [9.17, 15) is 4.79 Å². The molecule has 0 N–H and O–H groups in total. The molecule has 1 aliphatic heterocycles. The topological polar surface area (TPSA) is 42.4 Å². The minimum absolute atomic E-state index is 0.0977. The standard InChI is InChI=1S/C18H22N2O2S/c1-13-12-23-17(19-13)16-8-3-4-9-20(16)18(21)15-7-5-6-14(10-15)11-22-2/h5-7,10,12,16H,3-4,8-9,11H2,1-2H3. The lowest BCUT2D eigenvalue weighted by molar-refractivity contribution is 0.0610. The van der Waals surface area contributed by atoms with Gasteiger partial charge in [0, 0.05) is 30.3 Å². The van der Waals surface area contributed by atoms with E-state index >= 15 is 0 Å². The van der Waals surface area contributed by atoms with Crippen LogP contribution in [0.15, 0.2) is 29.6 Å². The lowest BCUT2D eigenvalue weighted by Crippen LogP contribution is -2.38. The maximum absolute atomic E-state index is 13.0. The number of thiazole rings is 1. The Morgan fingerprint density at radius 1 is 1.43 bits per heavy atom. The first-order valence-corrected chi connectivity index (χ1v) is 8.88. The molecule has 1 unspecified atom stereocenters. The summed E-state index contributed by atoms with van der Waals surface area (Å²) in [4.78, 5) is 19.6. The Balaban J connectivity index is 1.85. The Hall–Kier alpha value is -1.72. The number of benzene rings is 1. The lowest BCUT2D eigenvalue weighted by atomic mass is 10.0. The van der Waals surface area contributed by atoms with Gasteiger partial charge >= 0.3 is 0 Å². The molecule has 3 rings (SSSR count). The van der Waals surface area contributed by atoms with E-state index in [0.717, 1.165) is 47.6 Å². The van der Waals surface area contributed by atoms with Crippen LogP contribution in [0.1, 0.15) is 51.9 Å². The quantitative estimate of drug-likeness (QED) is 0.852. The van der Waals surface area contributed by atoms with Gasteiger partial charge in [0.15, 0.2) is 0 Å². The third-order valence-electron chi connectivity index (χ3n) is 4.17. The number of hydrogen-bond acceptors (Lipinski definition) is 4. The summed E-state index contributed by atoms with van der Waals surface area (Å²) < 4.78 is 5.17. The van der Waals surface area contributed by atoms with Gasteiger partial charge in [-0.05, 0) is 43.9 Å². The van der Waals surface area contributed by atoms with E-state index in [0.29, 0.717) is 6.61 Å². The van der Waals surface area contributed by atoms with E-state index in [1.165, 1.54) is 0 Å². The molecular formula is C18H22N2O2S. The number of hydrogen-bond donors (Lipinski definition) is 0. The molecule has 1 fully saturated rings. The highest BCUT2D eigenvalue weighted by atomic mass is 32.1. The molecule has 0 saturated carbocycles. The van der Waals surface area contributed by atoms with Gasteiger partial charge in [0.05, 0.1) is 12.6 Å². The van der Waals surface area contributed by atoms with Crippen molar-refractivity contribution in [2.75, 3.05) is 13.7 Å². The molecule has 0 bridgehead atoms. The normalized spacial score (nSPS) is 18.2. The van der Waals surface area contributed by atoms with Crippen molar-refractivity contribution in [1.29, 1.82) is 0 Å². The van der Waals surface area contributed by atoms with Crippen molar-refractivity contribution < 1.29 is 9.53 Å². The van der Waals surface area contributed by atoms with Crippen LogP contribution in [-0.4, -0.2) is 29.4 Å². The zero-order valence-corrected chi connectivity index (χ0v) is 14.4. The van der Waals surface area contributed by atoms with Gasteiger partial charge < -0.3 is 9.64 Å². The van der Waals surface area contributed by atoms with Crippen LogP contribution in [0.5, 0.6) is 0 Å². The molecule has 1 amide bonds. The van der Waals surface area contributed by atoms with Crippen LogP contribution < -0.4 is 0 Å². The first-order chi connectivity index (χ1) is 11.2. The fourth-order valence-electron chi connectivity index (χ4n) is 3.08. The maximum atomic E-state index is 13.0. The van der Waals surface area contributed by atoms with Crippen LogP contribution in [0, 0.1) is 6.92 Å². The fraction of sp³-hybridized carbons (Fsp3) is 0.444. The predicted molar refractivity (Wildman–Crippen MR) is 91.6 cm³/mol. The number of amides is 1. The van der Waals surface area contributed by atoms with Crippen molar-refractivity contribution in [3.8, 4) is 0 Å². The molecule has 23 heavy (non-hydrogen) atoms. The summed E-state index contributed by atoms with van der Waals surface area (Å²) in [5, 5.41) is 3.12. The number of carbonyl (C=O) groups excluding carboxylic acids is 1. The molecule has 1 aliphatic rings. The van der Waals surface area contributed by atoms with Crippen LogP contribution in [0.3, 0.4) is 0 Å². The van der Waals surface area contributed by atoms with Crippen molar-refractivity contribution in [1.82, 2.24) is 9.88 Å². The summed E-state index contributed by atoms with van der Waals surface area (Å²) in [6.07, 6.45) is 3.21. The van der Waals surface area contributed by atoms with Gasteiger partial charge in [0.1, 0.15) is 5.01 Å². The third kappa shape index (κ3) is 3.62. The number of nitrogens with zero attached hydrogens (tertiary/aromatic N) is 2. The van der Waals surface area contributed by atoms with Crippen molar-refractivity contribution in [2.24, 2.45) is 0 Å². The van der Waals surface area contributed by atoms with Crippen molar-refractivity contribution in [3.05, 3.63) is 51.5 Å². The molecule has 1 saturated heterocycles. The second kappa shape index (κ2) is 7.23. The second-order valence-electron chi connectivity index (χ2n) is 5.97. The van der Waals surface area contributed by atoms with Crippen molar-refractivity contribution in [2.45, 2.75) is 38.8 Å². The Labute approximate surface area is 141 Å².